The van der Waals surface area contributed by atoms with Crippen LogP contribution in [0, 0.1) is 0 Å². The van der Waals surface area contributed by atoms with E-state index < -0.39 is 0 Å². The van der Waals surface area contributed by atoms with Crippen LogP contribution in [0.25, 0.3) is 0 Å². The van der Waals surface area contributed by atoms with E-state index >= 15 is 0 Å². The molecule has 7 heteroatoms. The molecule has 1 atom stereocenters. The minimum absolute atomic E-state index is 0. The minimum Gasteiger partial charge on any atom is -0.495 e. The zero-order valence-corrected chi connectivity index (χ0v) is 20.7. The third-order valence-electron chi connectivity index (χ3n) is 5.15. The number of aliphatic imine (C=N–C) groups is 1. The van der Waals surface area contributed by atoms with Crippen molar-refractivity contribution in [3.8, 4) is 5.75 Å². The Labute approximate surface area is 197 Å². The molecule has 2 aromatic rings. The summed E-state index contributed by atoms with van der Waals surface area (Å²) in [5.41, 5.74) is 3.55. The molecule has 0 spiro atoms. The van der Waals surface area contributed by atoms with Gasteiger partial charge in [0, 0.05) is 45.5 Å². The highest BCUT2D eigenvalue weighted by Crippen LogP contribution is 2.30. The summed E-state index contributed by atoms with van der Waals surface area (Å²) in [5.74, 6) is 1.80. The van der Waals surface area contributed by atoms with Crippen LogP contribution in [0.2, 0.25) is 0 Å². The van der Waals surface area contributed by atoms with Gasteiger partial charge in [0.1, 0.15) is 5.75 Å². The molecule has 1 fully saturated rings. The number of nitrogens with one attached hydrogen (secondary N) is 2. The Bertz CT molecular complexity index is 827. The third-order valence-corrected chi connectivity index (χ3v) is 5.15. The van der Waals surface area contributed by atoms with Gasteiger partial charge in [-0.25, -0.2) is 4.99 Å². The number of halogens is 1. The van der Waals surface area contributed by atoms with Crippen molar-refractivity contribution in [2.75, 3.05) is 50.6 Å². The van der Waals surface area contributed by atoms with Crippen molar-refractivity contribution in [2.24, 2.45) is 4.99 Å². The first-order valence-corrected chi connectivity index (χ1v) is 10.3. The number of nitrogens with zero attached hydrogens (tertiary/aromatic N) is 3. The Morgan fingerprint density at radius 2 is 2.00 bits per heavy atom. The van der Waals surface area contributed by atoms with Crippen LogP contribution in [0.3, 0.4) is 0 Å². The molecule has 1 unspecified atom stereocenters. The van der Waals surface area contributed by atoms with Gasteiger partial charge in [0.25, 0.3) is 0 Å². The highest BCUT2D eigenvalue weighted by atomic mass is 127. The molecule has 1 saturated heterocycles. The summed E-state index contributed by atoms with van der Waals surface area (Å²) in [6.07, 6.45) is 1.07. The summed E-state index contributed by atoms with van der Waals surface area (Å²) in [5, 5.41) is 6.99. The van der Waals surface area contributed by atoms with E-state index in [-0.39, 0.29) is 24.0 Å². The minimum atomic E-state index is 0. The topological polar surface area (TPSA) is 52.1 Å². The van der Waals surface area contributed by atoms with Gasteiger partial charge in [0.15, 0.2) is 5.96 Å². The summed E-state index contributed by atoms with van der Waals surface area (Å²) in [6.45, 7) is 5.52. The Kier molecular flexibility index (Phi) is 9.55. The molecular weight excluding hydrogens is 489 g/mol. The first-order chi connectivity index (χ1) is 14.1. The van der Waals surface area contributed by atoms with Gasteiger partial charge in [-0.3, -0.25) is 0 Å². The number of hydrogen-bond acceptors (Lipinski definition) is 4. The number of guanidine groups is 1. The second kappa shape index (κ2) is 11.9. The van der Waals surface area contributed by atoms with E-state index in [1.807, 2.05) is 12.1 Å². The fourth-order valence-corrected chi connectivity index (χ4v) is 3.60. The van der Waals surface area contributed by atoms with Crippen LogP contribution in [0.1, 0.15) is 18.9 Å². The normalized spacial score (nSPS) is 16.1. The van der Waals surface area contributed by atoms with Crippen molar-refractivity contribution in [3.63, 3.8) is 0 Å². The van der Waals surface area contributed by atoms with Crippen LogP contribution in [-0.2, 0) is 6.54 Å². The van der Waals surface area contributed by atoms with Crippen LogP contribution < -0.4 is 25.2 Å². The van der Waals surface area contributed by atoms with Crippen LogP contribution in [0.4, 0.5) is 11.4 Å². The van der Waals surface area contributed by atoms with Crippen molar-refractivity contribution in [3.05, 3.63) is 54.1 Å². The molecule has 1 aliphatic heterocycles. The van der Waals surface area contributed by atoms with Gasteiger partial charge < -0.3 is 25.2 Å². The summed E-state index contributed by atoms with van der Waals surface area (Å²) >= 11 is 0. The second-order valence-corrected chi connectivity index (χ2v) is 7.51. The largest absolute Gasteiger partial charge is 0.495 e. The molecule has 2 aromatic carbocycles. The van der Waals surface area contributed by atoms with E-state index in [9.17, 15) is 0 Å². The van der Waals surface area contributed by atoms with Gasteiger partial charge in [-0.1, -0.05) is 24.3 Å². The van der Waals surface area contributed by atoms with E-state index in [4.69, 9.17) is 9.73 Å². The maximum atomic E-state index is 5.53. The smallest absolute Gasteiger partial charge is 0.191 e. The molecule has 164 valence electrons. The molecule has 1 aliphatic rings. The van der Waals surface area contributed by atoms with Gasteiger partial charge in [-0.15, -0.1) is 24.0 Å². The molecule has 6 nitrogen and oxygen atoms in total. The molecule has 30 heavy (non-hydrogen) atoms. The average molecular weight is 523 g/mol. The number of anilines is 2. The predicted octanol–water partition coefficient (Wildman–Crippen LogP) is 3.71. The van der Waals surface area contributed by atoms with Gasteiger partial charge in [0.2, 0.25) is 0 Å². The van der Waals surface area contributed by atoms with Crippen molar-refractivity contribution >= 4 is 41.3 Å². The van der Waals surface area contributed by atoms with E-state index in [2.05, 4.69) is 77.9 Å². The van der Waals surface area contributed by atoms with Crippen molar-refractivity contribution < 1.29 is 4.74 Å². The summed E-state index contributed by atoms with van der Waals surface area (Å²) in [6, 6.07) is 17.1. The molecule has 3 rings (SSSR count). The molecule has 2 N–H and O–H groups in total. The zero-order chi connectivity index (χ0) is 20.6. The number of ether oxygens (including phenoxy) is 1. The van der Waals surface area contributed by atoms with Crippen molar-refractivity contribution in [1.29, 1.82) is 0 Å². The predicted molar refractivity (Wildman–Crippen MR) is 138 cm³/mol. The molecule has 0 amide bonds. The lowest BCUT2D eigenvalue weighted by Gasteiger charge is -2.22. The van der Waals surface area contributed by atoms with Gasteiger partial charge in [-0.05, 0) is 43.2 Å². The lowest BCUT2D eigenvalue weighted by Crippen LogP contribution is -2.44. The fourth-order valence-electron chi connectivity index (χ4n) is 3.60. The SMILES string of the molecule is CCNC(=NCc1cccc(N(C)C)c1)NC1CCN(c2ccccc2OC)C1.I. The molecule has 0 aliphatic carbocycles. The van der Waals surface area contributed by atoms with E-state index in [0.29, 0.717) is 12.6 Å². The highest BCUT2D eigenvalue weighted by molar-refractivity contribution is 14.0. The van der Waals surface area contributed by atoms with E-state index in [1.54, 1.807) is 7.11 Å². The average Bonchev–Trinajstić information content (AvgIpc) is 3.20. The van der Waals surface area contributed by atoms with E-state index in [0.717, 1.165) is 43.5 Å². The van der Waals surface area contributed by atoms with Crippen LogP contribution in [0.5, 0.6) is 5.75 Å². The van der Waals surface area contributed by atoms with Gasteiger partial charge in [-0.2, -0.15) is 0 Å². The summed E-state index contributed by atoms with van der Waals surface area (Å²) < 4.78 is 5.53. The first-order valence-electron chi connectivity index (χ1n) is 10.3. The molecule has 0 bridgehead atoms. The Balaban J connectivity index is 0.00000320. The Hall–Kier alpha value is -2.16. The highest BCUT2D eigenvalue weighted by Gasteiger charge is 2.25. The van der Waals surface area contributed by atoms with Crippen LogP contribution in [-0.4, -0.2) is 52.8 Å². The van der Waals surface area contributed by atoms with Crippen molar-refractivity contribution in [2.45, 2.75) is 25.9 Å². The standard InChI is InChI=1S/C23H33N5O.HI/c1-5-24-23(25-16-18-9-8-10-20(15-18)27(2)3)26-19-13-14-28(17-19)21-11-6-7-12-22(21)29-4;/h6-12,15,19H,5,13-14,16-17H2,1-4H3,(H2,24,25,26);1H. The van der Waals surface area contributed by atoms with Crippen LogP contribution in [0.15, 0.2) is 53.5 Å². The van der Waals surface area contributed by atoms with Crippen LogP contribution >= 0.6 is 24.0 Å². The summed E-state index contributed by atoms with van der Waals surface area (Å²) in [7, 11) is 5.84. The molecule has 0 aromatic heterocycles. The number of para-hydroxylation sites is 2. The Morgan fingerprint density at radius 3 is 2.73 bits per heavy atom. The maximum Gasteiger partial charge on any atom is 0.191 e. The van der Waals surface area contributed by atoms with Gasteiger partial charge >= 0.3 is 0 Å². The zero-order valence-electron chi connectivity index (χ0n) is 18.4. The molecular formula is C23H34IN5O. The maximum absolute atomic E-state index is 5.53. The van der Waals surface area contributed by atoms with Gasteiger partial charge in [0.05, 0.1) is 19.3 Å². The Morgan fingerprint density at radius 1 is 1.20 bits per heavy atom. The number of benzene rings is 2. The first kappa shape index (κ1) is 24.1. The second-order valence-electron chi connectivity index (χ2n) is 7.51. The summed E-state index contributed by atoms with van der Waals surface area (Å²) in [4.78, 5) is 9.30. The molecule has 1 heterocycles. The van der Waals surface area contributed by atoms with Crippen molar-refractivity contribution in [1.82, 2.24) is 10.6 Å². The number of hydrogen-bond donors (Lipinski definition) is 2. The quantitative estimate of drug-likeness (QED) is 0.329. The third kappa shape index (κ3) is 6.42. The molecule has 0 saturated carbocycles. The fraction of sp³-hybridized carbons (Fsp3) is 0.435. The number of rotatable bonds is 7. The lowest BCUT2D eigenvalue weighted by molar-refractivity contribution is 0.415. The van der Waals surface area contributed by atoms with E-state index in [1.165, 1.54) is 11.3 Å². The number of methoxy groups -OCH3 is 1. The lowest BCUT2D eigenvalue weighted by atomic mass is 10.2. The monoisotopic (exact) mass is 523 g/mol. The molecule has 0 radical (unpaired) electrons.